The van der Waals surface area contributed by atoms with Crippen molar-refractivity contribution in [2.75, 3.05) is 13.2 Å². The van der Waals surface area contributed by atoms with Crippen LogP contribution in [0.15, 0.2) is 59.5 Å². The molecule has 0 aliphatic carbocycles. The fourth-order valence-corrected chi connectivity index (χ4v) is 5.11. The molecule has 2 atom stereocenters. The summed E-state index contributed by atoms with van der Waals surface area (Å²) in [6.07, 6.45) is 0.361. The van der Waals surface area contributed by atoms with Crippen LogP contribution in [0.1, 0.15) is 30.1 Å². The van der Waals surface area contributed by atoms with Crippen LogP contribution in [0.25, 0.3) is 0 Å². The van der Waals surface area contributed by atoms with Crippen LogP contribution in [-0.4, -0.2) is 42.1 Å². The Balaban J connectivity index is 2.03. The van der Waals surface area contributed by atoms with Crippen molar-refractivity contribution in [3.8, 4) is 0 Å². The second-order valence-electron chi connectivity index (χ2n) is 5.95. The van der Waals surface area contributed by atoms with Gasteiger partial charge in [0.15, 0.2) is 0 Å². The first-order valence-electron chi connectivity index (χ1n) is 8.00. The van der Waals surface area contributed by atoms with Crippen molar-refractivity contribution in [2.45, 2.75) is 29.9 Å². The van der Waals surface area contributed by atoms with E-state index < -0.39 is 22.2 Å². The largest absolute Gasteiger partial charge is 0.395 e. The summed E-state index contributed by atoms with van der Waals surface area (Å²) in [5.41, 5.74) is 0.993. The fraction of sp³-hybridized carbons (Fsp3) is 0.333. The van der Waals surface area contributed by atoms with E-state index in [1.165, 1.54) is 10.4 Å². The third-order valence-corrected chi connectivity index (χ3v) is 6.48. The van der Waals surface area contributed by atoms with Crippen molar-refractivity contribution in [3.63, 3.8) is 0 Å². The number of hydrogen-bond donors (Lipinski definition) is 2. The second-order valence-corrected chi connectivity index (χ2v) is 7.80. The topological polar surface area (TPSA) is 77.8 Å². The molecule has 2 aromatic rings. The minimum atomic E-state index is -3.77. The average molecular weight is 347 g/mol. The first-order valence-corrected chi connectivity index (χ1v) is 9.44. The summed E-state index contributed by atoms with van der Waals surface area (Å²) in [4.78, 5) is 0.0988. The Bertz CT molecular complexity index is 792. The van der Waals surface area contributed by atoms with E-state index in [1.54, 1.807) is 42.5 Å². The van der Waals surface area contributed by atoms with Crippen LogP contribution in [0.4, 0.5) is 0 Å². The Hall–Kier alpha value is -1.73. The quantitative estimate of drug-likeness (QED) is 0.866. The van der Waals surface area contributed by atoms with Gasteiger partial charge in [0.25, 0.3) is 0 Å². The summed E-state index contributed by atoms with van der Waals surface area (Å²) in [5, 5.41) is 20.1. The van der Waals surface area contributed by atoms with Gasteiger partial charge in [-0.25, -0.2) is 8.42 Å². The number of aliphatic hydroxyl groups is 2. The molecule has 0 saturated carbocycles. The van der Waals surface area contributed by atoms with Gasteiger partial charge in [-0.1, -0.05) is 48.5 Å². The van der Waals surface area contributed by atoms with E-state index in [0.717, 1.165) is 6.42 Å². The Morgan fingerprint density at radius 3 is 2.46 bits per heavy atom. The fourth-order valence-electron chi connectivity index (χ4n) is 3.19. The van der Waals surface area contributed by atoms with E-state index in [2.05, 4.69) is 0 Å². The highest BCUT2D eigenvalue weighted by Crippen LogP contribution is 2.32. The highest BCUT2D eigenvalue weighted by molar-refractivity contribution is 7.89. The molecule has 6 heteroatoms. The van der Waals surface area contributed by atoms with Crippen molar-refractivity contribution in [1.29, 1.82) is 0 Å². The van der Waals surface area contributed by atoms with Gasteiger partial charge in [0.05, 0.1) is 11.5 Å². The molecule has 0 unspecified atom stereocenters. The van der Waals surface area contributed by atoms with Crippen LogP contribution in [0, 0.1) is 0 Å². The highest BCUT2D eigenvalue weighted by atomic mass is 32.2. The van der Waals surface area contributed by atoms with Gasteiger partial charge in [0.1, 0.15) is 6.10 Å². The average Bonchev–Trinajstić information content (AvgIpc) is 3.11. The van der Waals surface area contributed by atoms with Gasteiger partial charge >= 0.3 is 0 Å². The van der Waals surface area contributed by atoms with Crippen molar-refractivity contribution in [1.82, 2.24) is 4.31 Å². The van der Waals surface area contributed by atoms with Crippen LogP contribution < -0.4 is 0 Å². The van der Waals surface area contributed by atoms with E-state index in [9.17, 15) is 18.6 Å². The Labute approximate surface area is 142 Å². The standard InChI is InChI=1S/C18H21NO4S/c20-13-15-9-6-12-19(15)24(22,23)17-11-5-4-10-16(17)18(21)14-7-2-1-3-8-14/h1-5,7-8,10-11,15,18,20-21H,6,9,12-13H2/t15-,18-/m0/s1. The molecule has 2 N–H and O–H groups in total. The van der Waals surface area contributed by atoms with Gasteiger partial charge in [-0.15, -0.1) is 0 Å². The summed E-state index contributed by atoms with van der Waals surface area (Å²) < 4.78 is 27.5. The van der Waals surface area contributed by atoms with Crippen LogP contribution in [-0.2, 0) is 10.0 Å². The molecule has 24 heavy (non-hydrogen) atoms. The maximum atomic E-state index is 13.1. The maximum Gasteiger partial charge on any atom is 0.243 e. The van der Waals surface area contributed by atoms with E-state index in [1.807, 2.05) is 6.07 Å². The number of sulfonamides is 1. The zero-order chi connectivity index (χ0) is 17.2. The summed E-state index contributed by atoms with van der Waals surface area (Å²) in [5.74, 6) is 0. The number of benzene rings is 2. The minimum absolute atomic E-state index is 0.0988. The molecule has 0 radical (unpaired) electrons. The third-order valence-electron chi connectivity index (χ3n) is 4.45. The smallest absolute Gasteiger partial charge is 0.243 e. The molecule has 1 heterocycles. The van der Waals surface area contributed by atoms with E-state index >= 15 is 0 Å². The molecule has 3 rings (SSSR count). The molecule has 0 bridgehead atoms. The molecule has 0 spiro atoms. The van der Waals surface area contributed by atoms with E-state index in [-0.39, 0.29) is 11.5 Å². The highest BCUT2D eigenvalue weighted by Gasteiger charge is 2.36. The van der Waals surface area contributed by atoms with Crippen LogP contribution in [0.2, 0.25) is 0 Å². The number of hydrogen-bond acceptors (Lipinski definition) is 4. The first-order chi connectivity index (χ1) is 11.6. The molecule has 0 amide bonds. The van der Waals surface area contributed by atoms with E-state index in [4.69, 9.17) is 0 Å². The predicted molar refractivity (Wildman–Crippen MR) is 90.9 cm³/mol. The van der Waals surface area contributed by atoms with Gasteiger partial charge in [0, 0.05) is 18.2 Å². The van der Waals surface area contributed by atoms with Gasteiger partial charge in [-0.05, 0) is 24.5 Å². The molecule has 0 aromatic heterocycles. The summed E-state index contributed by atoms with van der Waals surface area (Å²) in [7, 11) is -3.77. The second kappa shape index (κ2) is 7.03. The first kappa shape index (κ1) is 17.1. The Kier molecular flexibility index (Phi) is 5.01. The van der Waals surface area contributed by atoms with Gasteiger partial charge < -0.3 is 10.2 Å². The van der Waals surface area contributed by atoms with Crippen LogP contribution >= 0.6 is 0 Å². The van der Waals surface area contributed by atoms with E-state index in [0.29, 0.717) is 24.1 Å². The van der Waals surface area contributed by atoms with Crippen molar-refractivity contribution in [2.24, 2.45) is 0 Å². The van der Waals surface area contributed by atoms with Crippen molar-refractivity contribution in [3.05, 3.63) is 65.7 Å². The van der Waals surface area contributed by atoms with Crippen LogP contribution in [0.5, 0.6) is 0 Å². The van der Waals surface area contributed by atoms with Gasteiger partial charge in [0.2, 0.25) is 10.0 Å². The zero-order valence-corrected chi connectivity index (χ0v) is 14.1. The summed E-state index contributed by atoms with van der Waals surface area (Å²) >= 11 is 0. The summed E-state index contributed by atoms with van der Waals surface area (Å²) in [6.45, 7) is 0.200. The minimum Gasteiger partial charge on any atom is -0.395 e. The SMILES string of the molecule is O=S(=O)(c1ccccc1[C@@H](O)c1ccccc1)N1CCC[C@H]1CO. The Morgan fingerprint density at radius 1 is 1.08 bits per heavy atom. The number of rotatable bonds is 5. The van der Waals surface area contributed by atoms with Gasteiger partial charge in [-0.3, -0.25) is 0 Å². The molecule has 1 aliphatic rings. The molecular weight excluding hydrogens is 326 g/mol. The van der Waals surface area contributed by atoms with Crippen molar-refractivity contribution < 1.29 is 18.6 Å². The zero-order valence-electron chi connectivity index (χ0n) is 13.2. The van der Waals surface area contributed by atoms with Crippen LogP contribution in [0.3, 0.4) is 0 Å². The lowest BCUT2D eigenvalue weighted by molar-refractivity contribution is 0.210. The lowest BCUT2D eigenvalue weighted by atomic mass is 10.0. The summed E-state index contributed by atoms with van der Waals surface area (Å²) in [6, 6.07) is 15.1. The number of nitrogens with zero attached hydrogens (tertiary/aromatic N) is 1. The number of aliphatic hydroxyl groups excluding tert-OH is 2. The van der Waals surface area contributed by atoms with Gasteiger partial charge in [-0.2, -0.15) is 4.31 Å². The van der Waals surface area contributed by atoms with Crippen molar-refractivity contribution >= 4 is 10.0 Å². The molecule has 1 aliphatic heterocycles. The normalized spacial score (nSPS) is 20.2. The lowest BCUT2D eigenvalue weighted by Crippen LogP contribution is -2.38. The third kappa shape index (κ3) is 3.10. The molecule has 1 fully saturated rings. The Morgan fingerprint density at radius 2 is 1.75 bits per heavy atom. The molecule has 128 valence electrons. The monoisotopic (exact) mass is 347 g/mol. The maximum absolute atomic E-state index is 13.1. The molecular formula is C18H21NO4S. The molecule has 5 nitrogen and oxygen atoms in total. The predicted octanol–water partition coefficient (Wildman–Crippen LogP) is 1.91. The molecule has 1 saturated heterocycles. The molecule has 2 aromatic carbocycles. The lowest BCUT2D eigenvalue weighted by Gasteiger charge is -2.25.